The molecule has 1 fully saturated rings. The second-order valence-corrected chi connectivity index (χ2v) is 6.29. The molecule has 0 aromatic heterocycles. The molecule has 2 rings (SSSR count). The summed E-state index contributed by atoms with van der Waals surface area (Å²) in [5.74, 6) is -0.484. The summed E-state index contributed by atoms with van der Waals surface area (Å²) in [4.78, 5) is 0. The van der Waals surface area contributed by atoms with Crippen LogP contribution in [0.15, 0.2) is 24.3 Å². The first-order valence-electron chi connectivity index (χ1n) is 7.24. The van der Waals surface area contributed by atoms with Crippen LogP contribution in [0.4, 0.5) is 13.2 Å². The van der Waals surface area contributed by atoms with Gasteiger partial charge >= 0.3 is 6.18 Å². The van der Waals surface area contributed by atoms with Crippen LogP contribution in [0.2, 0.25) is 0 Å². The first-order chi connectivity index (χ1) is 9.90. The zero-order valence-corrected chi connectivity index (χ0v) is 12.8. The van der Waals surface area contributed by atoms with Gasteiger partial charge in [-0.2, -0.15) is 13.2 Å². The van der Waals surface area contributed by atoms with Gasteiger partial charge in [0.15, 0.2) is 0 Å². The lowest BCUT2D eigenvalue weighted by molar-refractivity contribution is -0.185. The van der Waals surface area contributed by atoms with Crippen LogP contribution < -0.4 is 4.74 Å². The molecular weight excluding hydrogens is 301 g/mol. The molecule has 1 aromatic carbocycles. The van der Waals surface area contributed by atoms with Gasteiger partial charge < -0.3 is 4.74 Å². The topological polar surface area (TPSA) is 9.23 Å². The van der Waals surface area contributed by atoms with E-state index < -0.39 is 12.1 Å². The third-order valence-corrected chi connectivity index (χ3v) is 4.79. The molecule has 21 heavy (non-hydrogen) atoms. The summed E-state index contributed by atoms with van der Waals surface area (Å²) in [7, 11) is 1.60. The van der Waals surface area contributed by atoms with E-state index in [-0.39, 0.29) is 24.1 Å². The molecule has 0 bridgehead atoms. The highest BCUT2D eigenvalue weighted by atomic mass is 35.5. The van der Waals surface area contributed by atoms with Crippen LogP contribution in [0.1, 0.15) is 31.2 Å². The van der Waals surface area contributed by atoms with Gasteiger partial charge in [0.1, 0.15) is 5.75 Å². The molecule has 0 amide bonds. The molecule has 3 unspecified atom stereocenters. The third kappa shape index (κ3) is 4.53. The number of halogens is 4. The molecule has 0 spiro atoms. The SMILES string of the molecule is COc1ccc(CC(Cl)C2CCCC(C(F)(F)F)C2)cc1. The Hall–Kier alpha value is -0.900. The Kier molecular flexibility index (Phi) is 5.42. The zero-order chi connectivity index (χ0) is 15.5. The lowest BCUT2D eigenvalue weighted by Gasteiger charge is -2.33. The van der Waals surface area contributed by atoms with E-state index in [1.807, 2.05) is 24.3 Å². The fourth-order valence-corrected chi connectivity index (χ4v) is 3.41. The van der Waals surface area contributed by atoms with Gasteiger partial charge in [-0.3, -0.25) is 0 Å². The quantitative estimate of drug-likeness (QED) is 0.692. The maximum Gasteiger partial charge on any atom is 0.391 e. The molecule has 0 saturated heterocycles. The van der Waals surface area contributed by atoms with Gasteiger partial charge in [0, 0.05) is 5.38 Å². The van der Waals surface area contributed by atoms with Crippen molar-refractivity contribution in [3.05, 3.63) is 29.8 Å². The molecule has 0 radical (unpaired) electrons. The molecule has 1 saturated carbocycles. The third-order valence-electron chi connectivity index (χ3n) is 4.28. The summed E-state index contributed by atoms with van der Waals surface area (Å²) < 4.78 is 43.6. The first kappa shape index (κ1) is 16.5. The number of alkyl halides is 4. The second kappa shape index (κ2) is 6.91. The summed E-state index contributed by atoms with van der Waals surface area (Å²) in [5.41, 5.74) is 1.03. The van der Waals surface area contributed by atoms with E-state index in [4.69, 9.17) is 16.3 Å². The van der Waals surface area contributed by atoms with Gasteiger partial charge in [0.2, 0.25) is 0 Å². The lowest BCUT2D eigenvalue weighted by atomic mass is 9.78. The second-order valence-electron chi connectivity index (χ2n) is 5.73. The molecule has 1 aliphatic carbocycles. The van der Waals surface area contributed by atoms with Gasteiger partial charge in [0.05, 0.1) is 13.0 Å². The predicted octanol–water partition coefficient (Wildman–Crippen LogP) is 5.21. The Labute approximate surface area is 128 Å². The molecule has 1 aliphatic rings. The maximum absolute atomic E-state index is 12.8. The van der Waals surface area contributed by atoms with Crippen LogP contribution in [-0.2, 0) is 6.42 Å². The first-order valence-corrected chi connectivity index (χ1v) is 7.67. The van der Waals surface area contributed by atoms with E-state index >= 15 is 0 Å². The van der Waals surface area contributed by atoms with Crippen LogP contribution in [0.5, 0.6) is 5.75 Å². The molecule has 3 atom stereocenters. The molecular formula is C16H20ClF3O. The van der Waals surface area contributed by atoms with Crippen LogP contribution in [0.25, 0.3) is 0 Å². The summed E-state index contributed by atoms with van der Waals surface area (Å²) >= 11 is 6.38. The fourth-order valence-electron chi connectivity index (χ4n) is 3.01. The van der Waals surface area contributed by atoms with E-state index in [0.717, 1.165) is 17.7 Å². The van der Waals surface area contributed by atoms with Crippen molar-refractivity contribution < 1.29 is 17.9 Å². The van der Waals surface area contributed by atoms with Crippen molar-refractivity contribution in [2.75, 3.05) is 7.11 Å². The predicted molar refractivity (Wildman–Crippen MR) is 77.8 cm³/mol. The Morgan fingerprint density at radius 1 is 1.24 bits per heavy atom. The highest BCUT2D eigenvalue weighted by Gasteiger charge is 2.43. The standard InChI is InChI=1S/C16H20ClF3O/c1-21-14-7-5-11(6-8-14)9-15(17)12-3-2-4-13(10-12)16(18,19)20/h5-8,12-13,15H,2-4,9-10H2,1H3. The minimum atomic E-state index is -4.09. The number of methoxy groups -OCH3 is 1. The Bertz CT molecular complexity index is 444. The molecule has 1 aromatic rings. The number of hydrogen-bond acceptors (Lipinski definition) is 1. The highest BCUT2D eigenvalue weighted by molar-refractivity contribution is 6.20. The highest BCUT2D eigenvalue weighted by Crippen LogP contribution is 2.42. The average Bonchev–Trinajstić information content (AvgIpc) is 2.47. The number of ether oxygens (including phenoxy) is 1. The monoisotopic (exact) mass is 320 g/mol. The molecule has 0 N–H and O–H groups in total. The summed E-state index contributed by atoms with van der Waals surface area (Å²) in [6, 6.07) is 7.52. The molecule has 5 heteroatoms. The normalized spacial score (nSPS) is 24.6. The largest absolute Gasteiger partial charge is 0.497 e. The van der Waals surface area contributed by atoms with Gasteiger partial charge in [0.25, 0.3) is 0 Å². The van der Waals surface area contributed by atoms with Gasteiger partial charge in [-0.25, -0.2) is 0 Å². The lowest BCUT2D eigenvalue weighted by Crippen LogP contribution is -2.32. The van der Waals surface area contributed by atoms with Crippen LogP contribution in [0.3, 0.4) is 0 Å². The Morgan fingerprint density at radius 3 is 2.48 bits per heavy atom. The van der Waals surface area contributed by atoms with E-state index in [2.05, 4.69) is 0 Å². The minimum Gasteiger partial charge on any atom is -0.497 e. The maximum atomic E-state index is 12.8. The van der Waals surface area contributed by atoms with Crippen LogP contribution in [-0.4, -0.2) is 18.7 Å². The Balaban J connectivity index is 1.94. The molecule has 118 valence electrons. The molecule has 1 nitrogen and oxygen atoms in total. The number of hydrogen-bond donors (Lipinski definition) is 0. The van der Waals surface area contributed by atoms with Crippen molar-refractivity contribution in [2.45, 2.75) is 43.7 Å². The number of benzene rings is 1. The van der Waals surface area contributed by atoms with Gasteiger partial charge in [-0.15, -0.1) is 11.6 Å². The van der Waals surface area contributed by atoms with Gasteiger partial charge in [-0.1, -0.05) is 18.6 Å². The zero-order valence-electron chi connectivity index (χ0n) is 12.0. The Morgan fingerprint density at radius 2 is 1.90 bits per heavy atom. The summed E-state index contributed by atoms with van der Waals surface area (Å²) in [6.45, 7) is 0. The van der Waals surface area contributed by atoms with Crippen molar-refractivity contribution in [3.63, 3.8) is 0 Å². The number of rotatable bonds is 4. The average molecular weight is 321 g/mol. The van der Waals surface area contributed by atoms with E-state index in [9.17, 15) is 13.2 Å². The van der Waals surface area contributed by atoms with Gasteiger partial charge in [-0.05, 0) is 49.3 Å². The molecule has 0 heterocycles. The van der Waals surface area contributed by atoms with E-state index in [0.29, 0.717) is 12.8 Å². The smallest absolute Gasteiger partial charge is 0.391 e. The fraction of sp³-hybridized carbons (Fsp3) is 0.625. The van der Waals surface area contributed by atoms with Crippen LogP contribution in [0, 0.1) is 11.8 Å². The van der Waals surface area contributed by atoms with Crippen molar-refractivity contribution in [2.24, 2.45) is 11.8 Å². The van der Waals surface area contributed by atoms with Crippen molar-refractivity contribution in [3.8, 4) is 5.75 Å². The van der Waals surface area contributed by atoms with Crippen molar-refractivity contribution in [1.82, 2.24) is 0 Å². The minimum absolute atomic E-state index is 0.0610. The van der Waals surface area contributed by atoms with Crippen molar-refractivity contribution in [1.29, 1.82) is 0 Å². The van der Waals surface area contributed by atoms with E-state index in [1.54, 1.807) is 7.11 Å². The summed E-state index contributed by atoms with van der Waals surface area (Å²) in [5, 5.41) is -0.247. The van der Waals surface area contributed by atoms with E-state index in [1.165, 1.54) is 0 Å². The van der Waals surface area contributed by atoms with Crippen LogP contribution >= 0.6 is 11.6 Å². The van der Waals surface area contributed by atoms with Crippen molar-refractivity contribution >= 4 is 11.6 Å². The summed E-state index contributed by atoms with van der Waals surface area (Å²) in [6.07, 6.45) is -1.69. The molecule has 0 aliphatic heterocycles.